The smallest absolute Gasteiger partial charge is 0.207 e. The Hall–Kier alpha value is -2.02. The van der Waals surface area contributed by atoms with Crippen LogP contribution >= 0.6 is 12.4 Å². The van der Waals surface area contributed by atoms with Crippen molar-refractivity contribution in [3.8, 4) is 0 Å². The van der Waals surface area contributed by atoms with Gasteiger partial charge < -0.3 is 15.7 Å². The normalized spacial score (nSPS) is 13.3. The highest BCUT2D eigenvalue weighted by atomic mass is 35.5. The van der Waals surface area contributed by atoms with Crippen LogP contribution in [0.3, 0.4) is 0 Å². The lowest BCUT2D eigenvalue weighted by atomic mass is 9.91. The number of halogens is 3. The van der Waals surface area contributed by atoms with Gasteiger partial charge in [0.1, 0.15) is 11.6 Å². The lowest BCUT2D eigenvalue weighted by molar-refractivity contribution is -0.110. The average molecular weight is 427 g/mol. The highest BCUT2D eigenvalue weighted by Crippen LogP contribution is 2.21. The largest absolute Gasteiger partial charge is 0.390 e. The predicted octanol–water partition coefficient (Wildman–Crippen LogP) is 3.49. The van der Waals surface area contributed by atoms with E-state index in [1.54, 1.807) is 0 Å². The van der Waals surface area contributed by atoms with E-state index in [9.17, 15) is 18.7 Å². The Balaban J connectivity index is 0.00000420. The molecule has 2 rings (SSSR count). The van der Waals surface area contributed by atoms with E-state index in [1.807, 2.05) is 26.0 Å². The second-order valence-corrected chi connectivity index (χ2v) is 7.50. The molecule has 0 bridgehead atoms. The monoisotopic (exact) mass is 426 g/mol. The first kappa shape index (κ1) is 25.0. The third-order valence-corrected chi connectivity index (χ3v) is 4.93. The molecule has 0 unspecified atom stereocenters. The van der Waals surface area contributed by atoms with Crippen LogP contribution in [0.25, 0.3) is 0 Å². The Bertz CT molecular complexity index is 782. The van der Waals surface area contributed by atoms with Crippen LogP contribution in [0.15, 0.2) is 42.5 Å². The van der Waals surface area contributed by atoms with Gasteiger partial charge in [0, 0.05) is 18.2 Å². The second kappa shape index (κ2) is 11.2. The summed E-state index contributed by atoms with van der Waals surface area (Å²) in [6.07, 6.45) is 0.592. The number of aliphatic hydroxyl groups is 1. The summed E-state index contributed by atoms with van der Waals surface area (Å²) in [5, 5.41) is 16.4. The number of amides is 1. The minimum absolute atomic E-state index is 0. The molecule has 0 heterocycles. The van der Waals surface area contributed by atoms with Gasteiger partial charge in [-0.25, -0.2) is 8.78 Å². The van der Waals surface area contributed by atoms with E-state index >= 15 is 0 Å². The molecule has 3 N–H and O–H groups in total. The Kier molecular flexibility index (Phi) is 9.70. The first-order valence-corrected chi connectivity index (χ1v) is 9.42. The third kappa shape index (κ3) is 7.38. The maximum absolute atomic E-state index is 13.4. The highest BCUT2D eigenvalue weighted by molar-refractivity contribution is 5.85. The number of hydrogen-bond acceptors (Lipinski definition) is 3. The molecule has 0 aromatic heterocycles. The third-order valence-electron chi connectivity index (χ3n) is 4.93. The fourth-order valence-corrected chi connectivity index (χ4v) is 3.16. The van der Waals surface area contributed by atoms with Crippen LogP contribution in [0.1, 0.15) is 37.5 Å². The van der Waals surface area contributed by atoms with Crippen LogP contribution in [0, 0.1) is 11.6 Å². The van der Waals surface area contributed by atoms with Gasteiger partial charge in [0.2, 0.25) is 6.41 Å². The van der Waals surface area contributed by atoms with Crippen LogP contribution in [0.5, 0.6) is 0 Å². The van der Waals surface area contributed by atoms with Crippen LogP contribution < -0.4 is 10.6 Å². The molecular formula is C22H29ClF2N2O2. The van der Waals surface area contributed by atoms with Gasteiger partial charge in [-0.05, 0) is 55.5 Å². The fourth-order valence-electron chi connectivity index (χ4n) is 3.16. The molecule has 0 fully saturated rings. The van der Waals surface area contributed by atoms with Crippen molar-refractivity contribution in [2.24, 2.45) is 0 Å². The number of hydrogen-bond donors (Lipinski definition) is 3. The molecule has 0 aliphatic rings. The summed E-state index contributed by atoms with van der Waals surface area (Å²) in [4.78, 5) is 10.9. The van der Waals surface area contributed by atoms with E-state index in [2.05, 4.69) is 29.7 Å². The second-order valence-electron chi connectivity index (χ2n) is 7.50. The van der Waals surface area contributed by atoms with Crippen LogP contribution in [0.2, 0.25) is 0 Å². The van der Waals surface area contributed by atoms with E-state index in [-0.39, 0.29) is 25.4 Å². The molecule has 0 aliphatic carbocycles. The van der Waals surface area contributed by atoms with E-state index < -0.39 is 29.3 Å². The Labute approximate surface area is 177 Å². The molecule has 1 amide bonds. The van der Waals surface area contributed by atoms with Crippen molar-refractivity contribution in [2.45, 2.75) is 51.3 Å². The molecular weight excluding hydrogens is 398 g/mol. The van der Waals surface area contributed by atoms with Gasteiger partial charge in [0.05, 0.1) is 12.1 Å². The minimum Gasteiger partial charge on any atom is -0.390 e. The summed E-state index contributed by atoms with van der Waals surface area (Å²) in [7, 11) is 0. The van der Waals surface area contributed by atoms with Gasteiger partial charge in [-0.15, -0.1) is 12.4 Å². The Morgan fingerprint density at radius 3 is 2.34 bits per heavy atom. The number of nitrogens with one attached hydrogen (secondary N) is 2. The lowest BCUT2D eigenvalue weighted by Crippen LogP contribution is -2.49. The van der Waals surface area contributed by atoms with Gasteiger partial charge in [0.15, 0.2) is 0 Å². The standard InChI is InChI=1S/C22H28F2N2O2.ClH/c1-4-15-6-5-7-17(8-15)22(2,3)26-13-21(28)20(25-14-27)11-16-9-18(23)12-19(24)10-16;/h5-10,12,14,20-21,26,28H,4,11,13H2,1-3H3,(H,25,27);1H/t20-,21+;/m0./s1. The summed E-state index contributed by atoms with van der Waals surface area (Å²) in [6.45, 7) is 6.32. The quantitative estimate of drug-likeness (QED) is 0.510. The molecule has 0 radical (unpaired) electrons. The van der Waals surface area contributed by atoms with Gasteiger partial charge in [0.25, 0.3) is 0 Å². The number of aliphatic hydroxyl groups excluding tert-OH is 1. The van der Waals surface area contributed by atoms with Crippen molar-refractivity contribution < 1.29 is 18.7 Å². The van der Waals surface area contributed by atoms with Crippen molar-refractivity contribution in [2.75, 3.05) is 6.54 Å². The van der Waals surface area contributed by atoms with Crippen molar-refractivity contribution in [1.82, 2.24) is 10.6 Å². The average Bonchev–Trinajstić information content (AvgIpc) is 2.65. The molecule has 2 aromatic rings. The van der Waals surface area contributed by atoms with E-state index in [0.29, 0.717) is 12.0 Å². The summed E-state index contributed by atoms with van der Waals surface area (Å²) < 4.78 is 26.8. The van der Waals surface area contributed by atoms with Gasteiger partial charge >= 0.3 is 0 Å². The molecule has 7 heteroatoms. The van der Waals surface area contributed by atoms with Crippen molar-refractivity contribution >= 4 is 18.8 Å². The molecule has 0 saturated carbocycles. The summed E-state index contributed by atoms with van der Waals surface area (Å²) in [5.41, 5.74) is 2.28. The molecule has 2 aromatic carbocycles. The fraction of sp³-hybridized carbons (Fsp3) is 0.409. The van der Waals surface area contributed by atoms with Gasteiger partial charge in [-0.2, -0.15) is 0 Å². The molecule has 2 atom stereocenters. The van der Waals surface area contributed by atoms with Crippen LogP contribution in [0.4, 0.5) is 8.78 Å². The first-order valence-electron chi connectivity index (χ1n) is 9.42. The maximum Gasteiger partial charge on any atom is 0.207 e. The zero-order valence-corrected chi connectivity index (χ0v) is 17.7. The van der Waals surface area contributed by atoms with Crippen molar-refractivity contribution in [3.05, 3.63) is 70.8 Å². The maximum atomic E-state index is 13.4. The number of carbonyl (C=O) groups is 1. The van der Waals surface area contributed by atoms with Gasteiger partial charge in [-0.1, -0.05) is 31.2 Å². The first-order chi connectivity index (χ1) is 13.2. The van der Waals surface area contributed by atoms with E-state index in [4.69, 9.17) is 0 Å². The van der Waals surface area contributed by atoms with Crippen LogP contribution in [-0.4, -0.2) is 30.2 Å². The Morgan fingerprint density at radius 2 is 1.76 bits per heavy atom. The van der Waals surface area contributed by atoms with E-state index in [0.717, 1.165) is 18.1 Å². The molecule has 4 nitrogen and oxygen atoms in total. The lowest BCUT2D eigenvalue weighted by Gasteiger charge is -2.31. The van der Waals surface area contributed by atoms with Crippen LogP contribution in [-0.2, 0) is 23.2 Å². The molecule has 0 saturated heterocycles. The molecule has 160 valence electrons. The zero-order chi connectivity index (χ0) is 20.7. The number of carbonyl (C=O) groups excluding carboxylic acids is 1. The van der Waals surface area contributed by atoms with Crippen molar-refractivity contribution in [3.63, 3.8) is 0 Å². The van der Waals surface area contributed by atoms with Crippen molar-refractivity contribution in [1.29, 1.82) is 0 Å². The van der Waals surface area contributed by atoms with Gasteiger partial charge in [-0.3, -0.25) is 4.79 Å². The van der Waals surface area contributed by atoms with E-state index in [1.165, 1.54) is 17.7 Å². The molecule has 0 aliphatic heterocycles. The highest BCUT2D eigenvalue weighted by Gasteiger charge is 2.25. The summed E-state index contributed by atoms with van der Waals surface area (Å²) in [6, 6.07) is 10.7. The zero-order valence-electron chi connectivity index (χ0n) is 16.9. The number of rotatable bonds is 10. The predicted molar refractivity (Wildman–Crippen MR) is 113 cm³/mol. The topological polar surface area (TPSA) is 61.4 Å². The minimum atomic E-state index is -0.940. The molecule has 0 spiro atoms. The SMILES string of the molecule is CCc1cccc(C(C)(C)NC[C@@H](O)[C@H](Cc2cc(F)cc(F)c2)NC=O)c1.Cl. The number of benzene rings is 2. The number of aryl methyl sites for hydroxylation is 1. The Morgan fingerprint density at radius 1 is 1.10 bits per heavy atom. The summed E-state index contributed by atoms with van der Waals surface area (Å²) >= 11 is 0. The molecule has 29 heavy (non-hydrogen) atoms. The summed E-state index contributed by atoms with van der Waals surface area (Å²) in [5.74, 6) is -1.38.